The Morgan fingerprint density at radius 1 is 1.42 bits per heavy atom. The van der Waals surface area contributed by atoms with Gasteiger partial charge in [-0.2, -0.15) is 0 Å². The third kappa shape index (κ3) is 4.60. The maximum absolute atomic E-state index is 12.1. The first-order valence-corrected chi connectivity index (χ1v) is 7.43. The molecule has 1 aliphatic rings. The lowest BCUT2D eigenvalue weighted by Gasteiger charge is -2.19. The zero-order valence-corrected chi connectivity index (χ0v) is 12.8. The van der Waals surface area contributed by atoms with Crippen molar-refractivity contribution in [2.45, 2.75) is 13.3 Å². The van der Waals surface area contributed by atoms with Crippen LogP contribution in [0.3, 0.4) is 0 Å². The number of aryl methyl sites for hydroxylation is 1. The molecule has 4 nitrogen and oxygen atoms in total. The molecule has 0 radical (unpaired) electrons. The molecule has 0 atom stereocenters. The molecule has 1 aromatic carbocycles. The van der Waals surface area contributed by atoms with E-state index in [4.69, 9.17) is 0 Å². The zero-order chi connectivity index (χ0) is 13.7. The van der Waals surface area contributed by atoms with Crippen LogP contribution >= 0.6 is 15.9 Å². The van der Waals surface area contributed by atoms with Gasteiger partial charge in [0.05, 0.1) is 12.2 Å². The average molecular weight is 326 g/mol. The first-order chi connectivity index (χ1) is 9.15. The van der Waals surface area contributed by atoms with E-state index in [1.54, 1.807) is 0 Å². The van der Waals surface area contributed by atoms with Gasteiger partial charge in [-0.3, -0.25) is 9.69 Å². The molecule has 2 N–H and O–H groups in total. The highest BCUT2D eigenvalue weighted by Crippen LogP contribution is 2.23. The summed E-state index contributed by atoms with van der Waals surface area (Å²) in [6.45, 7) is 6.39. The summed E-state index contributed by atoms with van der Waals surface area (Å²) in [5.41, 5.74) is 1.98. The zero-order valence-electron chi connectivity index (χ0n) is 11.2. The first kappa shape index (κ1) is 14.5. The normalized spacial score (nSPS) is 16.9. The minimum Gasteiger partial charge on any atom is -0.324 e. The molecule has 0 bridgehead atoms. The molecule has 1 heterocycles. The van der Waals surface area contributed by atoms with Crippen LogP contribution in [0.5, 0.6) is 0 Å². The van der Waals surface area contributed by atoms with Crippen LogP contribution in [0.4, 0.5) is 5.69 Å². The van der Waals surface area contributed by atoms with Crippen LogP contribution in [0.1, 0.15) is 12.0 Å². The van der Waals surface area contributed by atoms with Gasteiger partial charge in [0.15, 0.2) is 0 Å². The fourth-order valence-electron chi connectivity index (χ4n) is 2.19. The molecule has 1 aromatic rings. The molecule has 1 fully saturated rings. The van der Waals surface area contributed by atoms with E-state index in [2.05, 4.69) is 31.5 Å². The lowest BCUT2D eigenvalue weighted by Crippen LogP contribution is -2.35. The van der Waals surface area contributed by atoms with Gasteiger partial charge in [0.2, 0.25) is 5.91 Å². The van der Waals surface area contributed by atoms with Crippen molar-refractivity contribution in [2.24, 2.45) is 0 Å². The molecule has 19 heavy (non-hydrogen) atoms. The van der Waals surface area contributed by atoms with Crippen molar-refractivity contribution in [1.82, 2.24) is 10.2 Å². The third-order valence-corrected chi connectivity index (χ3v) is 3.89. The maximum atomic E-state index is 12.1. The number of amides is 1. The molecule has 0 spiro atoms. The predicted molar refractivity (Wildman–Crippen MR) is 81.4 cm³/mol. The van der Waals surface area contributed by atoms with Crippen molar-refractivity contribution >= 4 is 27.5 Å². The Morgan fingerprint density at radius 3 is 3.11 bits per heavy atom. The Hall–Kier alpha value is -0.910. The van der Waals surface area contributed by atoms with E-state index >= 15 is 0 Å². The van der Waals surface area contributed by atoms with Gasteiger partial charge in [-0.05, 0) is 60.1 Å². The molecule has 1 amide bonds. The highest BCUT2D eigenvalue weighted by atomic mass is 79.9. The molecular weight excluding hydrogens is 306 g/mol. The predicted octanol–water partition coefficient (Wildman–Crippen LogP) is 1.99. The van der Waals surface area contributed by atoms with E-state index in [1.165, 1.54) is 0 Å². The SMILES string of the molecule is Cc1ccc(Br)c(NC(=O)CN2CCCNCC2)c1. The third-order valence-electron chi connectivity index (χ3n) is 3.20. The van der Waals surface area contributed by atoms with Gasteiger partial charge in [-0.25, -0.2) is 0 Å². The molecule has 104 valence electrons. The number of carbonyl (C=O) groups is 1. The standard InChI is InChI=1S/C14H20BrN3O/c1-11-3-4-12(15)13(9-11)17-14(19)10-18-7-2-5-16-6-8-18/h3-4,9,16H,2,5-8,10H2,1H3,(H,17,19). The van der Waals surface area contributed by atoms with Crippen molar-refractivity contribution in [2.75, 3.05) is 38.0 Å². The Morgan fingerprint density at radius 2 is 2.26 bits per heavy atom. The molecular formula is C14H20BrN3O. The number of hydrogen-bond donors (Lipinski definition) is 2. The quantitative estimate of drug-likeness (QED) is 0.893. The number of halogens is 1. The van der Waals surface area contributed by atoms with Crippen LogP contribution in [0, 0.1) is 6.92 Å². The number of nitrogens with zero attached hydrogens (tertiary/aromatic N) is 1. The van der Waals surface area contributed by atoms with E-state index < -0.39 is 0 Å². The average Bonchev–Trinajstić information content (AvgIpc) is 2.62. The molecule has 1 saturated heterocycles. The van der Waals surface area contributed by atoms with Crippen molar-refractivity contribution in [3.8, 4) is 0 Å². The molecule has 5 heteroatoms. The van der Waals surface area contributed by atoms with Crippen molar-refractivity contribution in [3.63, 3.8) is 0 Å². The van der Waals surface area contributed by atoms with Gasteiger partial charge in [0, 0.05) is 17.6 Å². The molecule has 0 unspecified atom stereocenters. The topological polar surface area (TPSA) is 44.4 Å². The second kappa shape index (κ2) is 7.03. The lowest BCUT2D eigenvalue weighted by atomic mass is 10.2. The van der Waals surface area contributed by atoms with E-state index in [0.717, 1.165) is 48.3 Å². The van der Waals surface area contributed by atoms with Crippen LogP contribution in [0.2, 0.25) is 0 Å². The van der Waals surface area contributed by atoms with Gasteiger partial charge in [-0.15, -0.1) is 0 Å². The summed E-state index contributed by atoms with van der Waals surface area (Å²) in [5.74, 6) is 0.0493. The summed E-state index contributed by atoms with van der Waals surface area (Å²) in [7, 11) is 0. The van der Waals surface area contributed by atoms with Gasteiger partial charge in [0.25, 0.3) is 0 Å². The summed E-state index contributed by atoms with van der Waals surface area (Å²) in [5, 5.41) is 6.31. The van der Waals surface area contributed by atoms with Crippen LogP contribution < -0.4 is 10.6 Å². The van der Waals surface area contributed by atoms with Crippen LogP contribution in [0.25, 0.3) is 0 Å². The summed E-state index contributed by atoms with van der Waals surface area (Å²) in [4.78, 5) is 14.3. The molecule has 0 aliphatic carbocycles. The van der Waals surface area contributed by atoms with Crippen LogP contribution in [-0.4, -0.2) is 43.5 Å². The van der Waals surface area contributed by atoms with E-state index in [0.29, 0.717) is 6.54 Å². The van der Waals surface area contributed by atoms with Crippen LogP contribution in [-0.2, 0) is 4.79 Å². The molecule has 0 aromatic heterocycles. The molecule has 2 rings (SSSR count). The monoisotopic (exact) mass is 325 g/mol. The number of anilines is 1. The van der Waals surface area contributed by atoms with Gasteiger partial charge in [-0.1, -0.05) is 6.07 Å². The van der Waals surface area contributed by atoms with Crippen molar-refractivity contribution in [3.05, 3.63) is 28.2 Å². The van der Waals surface area contributed by atoms with Gasteiger partial charge < -0.3 is 10.6 Å². The van der Waals surface area contributed by atoms with Gasteiger partial charge >= 0.3 is 0 Å². The summed E-state index contributed by atoms with van der Waals surface area (Å²) >= 11 is 3.46. The fourth-order valence-corrected chi connectivity index (χ4v) is 2.53. The Labute approximate surface area is 122 Å². The van der Waals surface area contributed by atoms with Crippen LogP contribution in [0.15, 0.2) is 22.7 Å². The second-order valence-corrected chi connectivity index (χ2v) is 5.77. The number of rotatable bonds is 3. The summed E-state index contributed by atoms with van der Waals surface area (Å²) < 4.78 is 0.920. The van der Waals surface area contributed by atoms with Crippen molar-refractivity contribution in [1.29, 1.82) is 0 Å². The Bertz CT molecular complexity index is 442. The summed E-state index contributed by atoms with van der Waals surface area (Å²) in [6.07, 6.45) is 1.10. The Kier molecular flexibility index (Phi) is 5.36. The highest BCUT2D eigenvalue weighted by Gasteiger charge is 2.13. The van der Waals surface area contributed by atoms with E-state index in [1.807, 2.05) is 25.1 Å². The largest absolute Gasteiger partial charge is 0.324 e. The first-order valence-electron chi connectivity index (χ1n) is 6.64. The fraction of sp³-hybridized carbons (Fsp3) is 0.500. The number of carbonyl (C=O) groups excluding carboxylic acids is 1. The van der Waals surface area contributed by atoms with E-state index in [-0.39, 0.29) is 5.91 Å². The van der Waals surface area contributed by atoms with E-state index in [9.17, 15) is 4.79 Å². The maximum Gasteiger partial charge on any atom is 0.238 e. The summed E-state index contributed by atoms with van der Waals surface area (Å²) in [6, 6.07) is 5.95. The number of nitrogens with one attached hydrogen (secondary N) is 2. The number of hydrogen-bond acceptors (Lipinski definition) is 3. The minimum absolute atomic E-state index is 0.0493. The second-order valence-electron chi connectivity index (χ2n) is 4.91. The molecule has 0 saturated carbocycles. The van der Waals surface area contributed by atoms with Crippen molar-refractivity contribution < 1.29 is 4.79 Å². The highest BCUT2D eigenvalue weighted by molar-refractivity contribution is 9.10. The molecule has 1 aliphatic heterocycles. The lowest BCUT2D eigenvalue weighted by molar-refractivity contribution is -0.117. The van der Waals surface area contributed by atoms with Gasteiger partial charge in [0.1, 0.15) is 0 Å². The Balaban J connectivity index is 1.91. The number of benzene rings is 1. The smallest absolute Gasteiger partial charge is 0.238 e. The minimum atomic E-state index is 0.0493.